The average Bonchev–Trinajstić information content (AvgIpc) is 3.11. The number of nitrogens with zero attached hydrogens (tertiary/aromatic N) is 2. The second kappa shape index (κ2) is 9.57. The third kappa shape index (κ3) is 5.85. The van der Waals surface area contributed by atoms with Crippen molar-refractivity contribution in [1.82, 2.24) is 9.62 Å². The maximum atomic E-state index is 13.1. The molecule has 0 spiro atoms. The molecule has 0 bridgehead atoms. The lowest BCUT2D eigenvalue weighted by Crippen LogP contribution is -2.46. The highest BCUT2D eigenvalue weighted by atomic mass is 32.2. The summed E-state index contributed by atoms with van der Waals surface area (Å²) >= 11 is 1.86. The van der Waals surface area contributed by atoms with Crippen molar-refractivity contribution in [2.24, 2.45) is 0 Å². The van der Waals surface area contributed by atoms with E-state index in [-0.39, 0.29) is 18.1 Å². The summed E-state index contributed by atoms with van der Waals surface area (Å²) in [5.41, 5.74) is 0.246. The number of halogens is 1. The van der Waals surface area contributed by atoms with Gasteiger partial charge in [0.15, 0.2) is 0 Å². The average molecular weight is 404 g/mol. The van der Waals surface area contributed by atoms with E-state index < -0.39 is 16.0 Å². The fourth-order valence-electron chi connectivity index (χ4n) is 2.77. The van der Waals surface area contributed by atoms with E-state index in [1.807, 2.05) is 11.8 Å². The Morgan fingerprint density at radius 2 is 1.85 bits per heavy atom. The van der Waals surface area contributed by atoms with E-state index in [1.165, 1.54) is 64.0 Å². The van der Waals surface area contributed by atoms with Crippen LogP contribution in [-0.2, 0) is 15.0 Å². The molecule has 0 unspecified atom stereocenters. The summed E-state index contributed by atoms with van der Waals surface area (Å²) in [4.78, 5) is 12.2. The summed E-state index contributed by atoms with van der Waals surface area (Å²) in [6.07, 6.45) is 5.02. The normalized spacial score (nSPS) is 15.4. The molecule has 0 radical (unpaired) electrons. The number of anilines is 1. The number of carbonyl (C=O) groups excluding carboxylic acids is 1. The summed E-state index contributed by atoms with van der Waals surface area (Å²) in [5.74, 6) is -0.0379. The summed E-state index contributed by atoms with van der Waals surface area (Å²) in [6, 6.07) is 5.03. The van der Waals surface area contributed by atoms with E-state index in [2.05, 4.69) is 5.32 Å². The molecule has 1 aliphatic rings. The molecule has 1 aliphatic carbocycles. The molecule has 0 heterocycles. The first-order valence-electron chi connectivity index (χ1n) is 8.65. The third-order valence-electron chi connectivity index (χ3n) is 4.22. The van der Waals surface area contributed by atoms with Gasteiger partial charge in [-0.25, -0.2) is 8.70 Å². The van der Waals surface area contributed by atoms with Crippen LogP contribution in [0.4, 0.5) is 10.1 Å². The van der Waals surface area contributed by atoms with Gasteiger partial charge < -0.3 is 5.32 Å². The minimum absolute atomic E-state index is 0.246. The number of amides is 1. The van der Waals surface area contributed by atoms with Crippen LogP contribution in [-0.4, -0.2) is 56.8 Å². The van der Waals surface area contributed by atoms with Gasteiger partial charge in [0.2, 0.25) is 5.91 Å². The first-order valence-corrected chi connectivity index (χ1v) is 11.1. The van der Waals surface area contributed by atoms with Crippen LogP contribution in [0.25, 0.3) is 0 Å². The summed E-state index contributed by atoms with van der Waals surface area (Å²) in [7, 11) is -1.08. The lowest BCUT2D eigenvalue weighted by atomic mass is 10.3. The van der Waals surface area contributed by atoms with Crippen LogP contribution in [0, 0.1) is 5.82 Å². The molecule has 2 rings (SSSR count). The van der Waals surface area contributed by atoms with Crippen LogP contribution < -0.4 is 9.62 Å². The summed E-state index contributed by atoms with van der Waals surface area (Å²) in [6.45, 7) is 0.152. The Kier molecular flexibility index (Phi) is 7.72. The fourth-order valence-corrected chi connectivity index (χ4v) is 5.05. The fraction of sp³-hybridized carbons (Fsp3) is 0.588. The SMILES string of the molecule is CN(C)S(=O)(=O)N(CC(=O)NCCSC1CCCC1)c1ccc(F)cc1. The third-order valence-corrected chi connectivity index (χ3v) is 7.42. The number of nitrogens with one attached hydrogen (secondary N) is 1. The van der Waals surface area contributed by atoms with Gasteiger partial charge >= 0.3 is 10.2 Å². The molecule has 1 saturated carbocycles. The van der Waals surface area contributed by atoms with Crippen LogP contribution >= 0.6 is 11.8 Å². The largest absolute Gasteiger partial charge is 0.354 e. The van der Waals surface area contributed by atoms with Crippen LogP contribution in [0.5, 0.6) is 0 Å². The lowest BCUT2D eigenvalue weighted by molar-refractivity contribution is -0.119. The zero-order valence-electron chi connectivity index (χ0n) is 15.2. The topological polar surface area (TPSA) is 69.7 Å². The van der Waals surface area contributed by atoms with Crippen molar-refractivity contribution in [3.63, 3.8) is 0 Å². The molecule has 6 nitrogen and oxygen atoms in total. The first kappa shape index (κ1) is 21.0. The molecule has 0 aliphatic heterocycles. The smallest absolute Gasteiger partial charge is 0.304 e. The van der Waals surface area contributed by atoms with E-state index in [1.54, 1.807) is 0 Å². The van der Waals surface area contributed by atoms with Crippen molar-refractivity contribution in [2.75, 3.05) is 37.2 Å². The van der Waals surface area contributed by atoms with Gasteiger partial charge in [0.1, 0.15) is 12.4 Å². The van der Waals surface area contributed by atoms with Crippen LogP contribution in [0.3, 0.4) is 0 Å². The highest BCUT2D eigenvalue weighted by Gasteiger charge is 2.27. The molecule has 1 N–H and O–H groups in total. The van der Waals surface area contributed by atoms with Crippen LogP contribution in [0.2, 0.25) is 0 Å². The maximum Gasteiger partial charge on any atom is 0.304 e. The molecule has 26 heavy (non-hydrogen) atoms. The minimum Gasteiger partial charge on any atom is -0.354 e. The second-order valence-corrected chi connectivity index (χ2v) is 9.88. The molecule has 9 heteroatoms. The lowest BCUT2D eigenvalue weighted by Gasteiger charge is -2.26. The molecule has 1 amide bonds. The van der Waals surface area contributed by atoms with E-state index in [0.717, 1.165) is 14.4 Å². The molecule has 1 fully saturated rings. The minimum atomic E-state index is -3.87. The Labute approximate surface area is 159 Å². The first-order chi connectivity index (χ1) is 12.3. The van der Waals surface area contributed by atoms with Crippen molar-refractivity contribution >= 4 is 33.6 Å². The Bertz CT molecular complexity index is 690. The van der Waals surface area contributed by atoms with Gasteiger partial charge in [0.25, 0.3) is 0 Å². The van der Waals surface area contributed by atoms with E-state index in [4.69, 9.17) is 0 Å². The van der Waals surface area contributed by atoms with Crippen molar-refractivity contribution in [2.45, 2.75) is 30.9 Å². The van der Waals surface area contributed by atoms with E-state index in [9.17, 15) is 17.6 Å². The quantitative estimate of drug-likeness (QED) is 0.642. The number of hydrogen-bond donors (Lipinski definition) is 1. The molecular formula is C17H26FN3O3S2. The maximum absolute atomic E-state index is 13.1. The van der Waals surface area contributed by atoms with Gasteiger partial charge in [-0.15, -0.1) is 0 Å². The Morgan fingerprint density at radius 3 is 2.42 bits per heavy atom. The van der Waals surface area contributed by atoms with Crippen molar-refractivity contribution in [3.05, 3.63) is 30.1 Å². The Hall–Kier alpha value is -1.32. The highest BCUT2D eigenvalue weighted by molar-refractivity contribution is 7.99. The van der Waals surface area contributed by atoms with Crippen molar-refractivity contribution in [3.8, 4) is 0 Å². The van der Waals surface area contributed by atoms with Gasteiger partial charge in [0, 0.05) is 31.6 Å². The molecule has 1 aromatic carbocycles. The zero-order valence-corrected chi connectivity index (χ0v) is 16.8. The van der Waals surface area contributed by atoms with E-state index in [0.29, 0.717) is 11.8 Å². The zero-order chi connectivity index (χ0) is 19.2. The van der Waals surface area contributed by atoms with Crippen LogP contribution in [0.1, 0.15) is 25.7 Å². The number of benzene rings is 1. The number of rotatable bonds is 9. The molecular weight excluding hydrogens is 377 g/mol. The van der Waals surface area contributed by atoms with E-state index >= 15 is 0 Å². The monoisotopic (exact) mass is 403 g/mol. The number of thioether (sulfide) groups is 1. The van der Waals surface area contributed by atoms with Gasteiger partial charge in [-0.2, -0.15) is 24.5 Å². The summed E-state index contributed by atoms with van der Waals surface area (Å²) < 4.78 is 40.2. The van der Waals surface area contributed by atoms with Gasteiger partial charge in [-0.3, -0.25) is 4.79 Å². The van der Waals surface area contributed by atoms with Crippen molar-refractivity contribution in [1.29, 1.82) is 0 Å². The predicted molar refractivity (Wildman–Crippen MR) is 104 cm³/mol. The van der Waals surface area contributed by atoms with Crippen molar-refractivity contribution < 1.29 is 17.6 Å². The molecule has 0 saturated heterocycles. The highest BCUT2D eigenvalue weighted by Crippen LogP contribution is 2.28. The van der Waals surface area contributed by atoms with Gasteiger partial charge in [-0.1, -0.05) is 12.8 Å². The Morgan fingerprint density at radius 1 is 1.23 bits per heavy atom. The van der Waals surface area contributed by atoms with Gasteiger partial charge in [-0.05, 0) is 37.1 Å². The summed E-state index contributed by atoms with van der Waals surface area (Å²) in [5, 5.41) is 3.45. The number of carbonyl (C=O) groups is 1. The molecule has 0 atom stereocenters. The molecule has 0 aromatic heterocycles. The second-order valence-electron chi connectivity index (χ2n) is 6.40. The Balaban J connectivity index is 1.94. The molecule has 1 aromatic rings. The van der Waals surface area contributed by atoms with Gasteiger partial charge in [0.05, 0.1) is 5.69 Å². The molecule has 146 valence electrons. The predicted octanol–water partition coefficient (Wildman–Crippen LogP) is 2.23. The standard InChI is InChI=1S/C17H26FN3O3S2/c1-20(2)26(23,24)21(15-9-7-14(18)8-10-15)13-17(22)19-11-12-25-16-5-3-4-6-16/h7-10,16H,3-6,11-13H2,1-2H3,(H,19,22). The number of hydrogen-bond acceptors (Lipinski definition) is 4. The van der Waals surface area contributed by atoms with Crippen LogP contribution in [0.15, 0.2) is 24.3 Å².